The maximum atomic E-state index is 11.7. The topological polar surface area (TPSA) is 73.2 Å². The molecule has 1 fully saturated rings. The Labute approximate surface area is 160 Å². The molecule has 1 unspecified atom stereocenters. The van der Waals surface area contributed by atoms with Crippen LogP contribution in [0.25, 0.3) is 10.9 Å². The van der Waals surface area contributed by atoms with Crippen molar-refractivity contribution in [1.82, 2.24) is 14.9 Å². The summed E-state index contributed by atoms with van der Waals surface area (Å²) in [5, 5.41) is 2.91. The Morgan fingerprint density at radius 3 is 2.85 bits per heavy atom. The van der Waals surface area contributed by atoms with Crippen molar-refractivity contribution in [3.8, 4) is 5.75 Å². The Kier molecular flexibility index (Phi) is 4.85. The average molecular weight is 381 g/mol. The number of nitrogens with one attached hydrogen (secondary N) is 1. The SMILES string of the molecule is Cn1c(CCC2SC(=O)NC2=O)cc2ccc(OCc3ccccn3)cc21. The van der Waals surface area contributed by atoms with Crippen LogP contribution in [0.1, 0.15) is 17.8 Å². The van der Waals surface area contributed by atoms with Crippen LogP contribution in [-0.2, 0) is 24.9 Å². The standard InChI is InChI=1S/C20H19N3O3S/c1-23-15(6-8-18-19(24)22-20(25)27-18)10-13-5-7-16(11-17(13)23)26-12-14-4-2-3-9-21-14/h2-5,7,9-11,18H,6,8,12H2,1H3,(H,22,24,25). The van der Waals surface area contributed by atoms with Crippen LogP contribution >= 0.6 is 11.8 Å². The monoisotopic (exact) mass is 381 g/mol. The summed E-state index contributed by atoms with van der Waals surface area (Å²) in [5.41, 5.74) is 3.08. The quantitative estimate of drug-likeness (QED) is 0.708. The number of ether oxygens (including phenoxy) is 1. The van der Waals surface area contributed by atoms with Crippen molar-refractivity contribution >= 4 is 33.8 Å². The van der Waals surface area contributed by atoms with Gasteiger partial charge in [-0.25, -0.2) is 0 Å². The summed E-state index contributed by atoms with van der Waals surface area (Å²) in [7, 11) is 2.01. The van der Waals surface area contributed by atoms with E-state index in [0.29, 0.717) is 13.0 Å². The molecule has 0 radical (unpaired) electrons. The number of imide groups is 1. The number of nitrogens with zero attached hydrogens (tertiary/aromatic N) is 2. The maximum Gasteiger partial charge on any atom is 0.286 e. The highest BCUT2D eigenvalue weighted by atomic mass is 32.2. The van der Waals surface area contributed by atoms with Gasteiger partial charge in [-0.15, -0.1) is 0 Å². The van der Waals surface area contributed by atoms with Crippen molar-refractivity contribution in [2.75, 3.05) is 0 Å². The zero-order chi connectivity index (χ0) is 18.8. The van der Waals surface area contributed by atoms with Gasteiger partial charge in [0, 0.05) is 30.4 Å². The first-order valence-corrected chi connectivity index (χ1v) is 9.60. The molecule has 1 aliphatic rings. The predicted octanol–water partition coefficient (Wildman–Crippen LogP) is 3.44. The lowest BCUT2D eigenvalue weighted by Gasteiger charge is -2.08. The van der Waals surface area contributed by atoms with E-state index in [1.807, 2.05) is 43.4 Å². The Morgan fingerprint density at radius 1 is 1.22 bits per heavy atom. The van der Waals surface area contributed by atoms with Crippen LogP contribution in [0.15, 0.2) is 48.7 Å². The zero-order valence-corrected chi connectivity index (χ0v) is 15.7. The van der Waals surface area contributed by atoms with Crippen molar-refractivity contribution in [2.24, 2.45) is 7.05 Å². The van der Waals surface area contributed by atoms with Crippen LogP contribution in [0.5, 0.6) is 5.75 Å². The van der Waals surface area contributed by atoms with Crippen molar-refractivity contribution < 1.29 is 14.3 Å². The normalized spacial score (nSPS) is 16.7. The molecule has 7 heteroatoms. The van der Waals surface area contributed by atoms with Gasteiger partial charge in [0.25, 0.3) is 5.24 Å². The molecule has 1 aromatic carbocycles. The molecule has 1 saturated heterocycles. The molecule has 1 aliphatic heterocycles. The van der Waals surface area contributed by atoms with E-state index in [1.54, 1.807) is 6.20 Å². The van der Waals surface area contributed by atoms with Crippen molar-refractivity contribution in [2.45, 2.75) is 24.7 Å². The number of hydrogen-bond acceptors (Lipinski definition) is 5. The van der Waals surface area contributed by atoms with Crippen LogP contribution in [-0.4, -0.2) is 25.9 Å². The minimum atomic E-state index is -0.298. The zero-order valence-electron chi connectivity index (χ0n) is 14.8. The number of amides is 2. The van der Waals surface area contributed by atoms with Crippen LogP contribution < -0.4 is 10.1 Å². The van der Waals surface area contributed by atoms with Crippen LogP contribution in [0.4, 0.5) is 4.79 Å². The third-order valence-corrected chi connectivity index (χ3v) is 5.71. The number of rotatable bonds is 6. The second kappa shape index (κ2) is 7.44. The van der Waals surface area contributed by atoms with Gasteiger partial charge in [-0.3, -0.25) is 19.9 Å². The number of aryl methyl sites for hydroxylation is 2. The Balaban J connectivity index is 1.46. The van der Waals surface area contributed by atoms with E-state index in [0.717, 1.165) is 46.2 Å². The lowest BCUT2D eigenvalue weighted by atomic mass is 10.1. The molecule has 0 spiro atoms. The van der Waals surface area contributed by atoms with E-state index in [9.17, 15) is 9.59 Å². The van der Waals surface area contributed by atoms with E-state index in [4.69, 9.17) is 4.74 Å². The number of fused-ring (bicyclic) bond motifs is 1. The summed E-state index contributed by atoms with van der Waals surface area (Å²) < 4.78 is 7.98. The number of pyridine rings is 1. The van der Waals surface area contributed by atoms with Crippen molar-refractivity contribution in [3.63, 3.8) is 0 Å². The molecule has 2 amide bonds. The molecular formula is C20H19N3O3S. The molecule has 0 aliphatic carbocycles. The molecule has 1 atom stereocenters. The second-order valence-electron chi connectivity index (χ2n) is 6.45. The fraction of sp³-hybridized carbons (Fsp3) is 0.250. The van der Waals surface area contributed by atoms with Crippen LogP contribution in [0.2, 0.25) is 0 Å². The summed E-state index contributed by atoms with van der Waals surface area (Å²) in [6.45, 7) is 0.422. The summed E-state index contributed by atoms with van der Waals surface area (Å²) in [6, 6.07) is 13.9. The summed E-state index contributed by atoms with van der Waals surface area (Å²) in [4.78, 5) is 27.3. The van der Waals surface area contributed by atoms with Gasteiger partial charge in [0.1, 0.15) is 12.4 Å². The predicted molar refractivity (Wildman–Crippen MR) is 105 cm³/mol. The maximum absolute atomic E-state index is 11.7. The number of carbonyl (C=O) groups excluding carboxylic acids is 2. The lowest BCUT2D eigenvalue weighted by Crippen LogP contribution is -2.24. The Morgan fingerprint density at radius 2 is 2.11 bits per heavy atom. The van der Waals surface area contributed by atoms with Gasteiger partial charge in [-0.05, 0) is 43.2 Å². The minimum Gasteiger partial charge on any atom is -0.487 e. The third kappa shape index (κ3) is 3.83. The highest BCUT2D eigenvalue weighted by Gasteiger charge is 2.31. The Hall–Kier alpha value is -2.80. The molecule has 0 saturated carbocycles. The molecule has 3 aromatic rings. The number of carbonyl (C=O) groups is 2. The first kappa shape index (κ1) is 17.6. The highest BCUT2D eigenvalue weighted by Crippen LogP contribution is 2.27. The molecule has 4 rings (SSSR count). The minimum absolute atomic E-state index is 0.186. The molecule has 27 heavy (non-hydrogen) atoms. The van der Waals surface area contributed by atoms with E-state index in [2.05, 4.69) is 20.9 Å². The van der Waals surface area contributed by atoms with Gasteiger partial charge in [-0.1, -0.05) is 17.8 Å². The molecular weight excluding hydrogens is 362 g/mol. The van der Waals surface area contributed by atoms with Gasteiger partial charge in [0.15, 0.2) is 0 Å². The van der Waals surface area contributed by atoms with E-state index >= 15 is 0 Å². The first-order chi connectivity index (χ1) is 13.1. The third-order valence-electron chi connectivity index (χ3n) is 4.66. The smallest absolute Gasteiger partial charge is 0.286 e. The van der Waals surface area contributed by atoms with Gasteiger partial charge >= 0.3 is 0 Å². The highest BCUT2D eigenvalue weighted by molar-refractivity contribution is 8.15. The molecule has 0 bridgehead atoms. The van der Waals surface area contributed by atoms with Crippen LogP contribution in [0.3, 0.4) is 0 Å². The number of thioether (sulfide) groups is 1. The average Bonchev–Trinajstić information content (AvgIpc) is 3.17. The van der Waals surface area contributed by atoms with Gasteiger partial charge in [-0.2, -0.15) is 0 Å². The lowest BCUT2D eigenvalue weighted by molar-refractivity contribution is -0.119. The first-order valence-electron chi connectivity index (χ1n) is 8.73. The number of hydrogen-bond donors (Lipinski definition) is 1. The summed E-state index contributed by atoms with van der Waals surface area (Å²) in [6.07, 6.45) is 3.12. The van der Waals surface area contributed by atoms with Gasteiger partial charge in [0.05, 0.1) is 16.5 Å². The number of benzene rings is 1. The molecule has 1 N–H and O–H groups in total. The molecule has 2 aromatic heterocycles. The summed E-state index contributed by atoms with van der Waals surface area (Å²) >= 11 is 1.08. The van der Waals surface area contributed by atoms with E-state index < -0.39 is 0 Å². The van der Waals surface area contributed by atoms with Gasteiger partial charge < -0.3 is 9.30 Å². The van der Waals surface area contributed by atoms with E-state index in [-0.39, 0.29) is 16.4 Å². The largest absolute Gasteiger partial charge is 0.487 e. The number of aromatic nitrogens is 2. The molecule has 3 heterocycles. The second-order valence-corrected chi connectivity index (χ2v) is 7.62. The van der Waals surface area contributed by atoms with Gasteiger partial charge in [0.2, 0.25) is 5.91 Å². The van der Waals surface area contributed by atoms with Crippen molar-refractivity contribution in [1.29, 1.82) is 0 Å². The van der Waals surface area contributed by atoms with E-state index in [1.165, 1.54) is 0 Å². The molecule has 6 nitrogen and oxygen atoms in total. The molecule has 138 valence electrons. The van der Waals surface area contributed by atoms with Crippen LogP contribution in [0, 0.1) is 0 Å². The van der Waals surface area contributed by atoms with Crippen molar-refractivity contribution in [3.05, 3.63) is 60.0 Å². The fourth-order valence-electron chi connectivity index (χ4n) is 3.20. The fourth-order valence-corrected chi connectivity index (χ4v) is 4.02. The Bertz CT molecular complexity index is 1000. The summed E-state index contributed by atoms with van der Waals surface area (Å²) in [5.74, 6) is 0.603.